The van der Waals surface area contributed by atoms with E-state index >= 15 is 0 Å². The molecule has 0 fully saturated rings. The van der Waals surface area contributed by atoms with Crippen molar-refractivity contribution < 1.29 is 23.9 Å². The lowest BCUT2D eigenvalue weighted by Gasteiger charge is -2.13. The van der Waals surface area contributed by atoms with Gasteiger partial charge >= 0.3 is 5.97 Å². The number of benzene rings is 3. The van der Waals surface area contributed by atoms with Gasteiger partial charge in [0, 0.05) is 11.1 Å². The number of ether oxygens (including phenoxy) is 1. The Morgan fingerprint density at radius 2 is 1.17 bits per heavy atom. The van der Waals surface area contributed by atoms with Crippen molar-refractivity contribution in [3.8, 4) is 0 Å². The lowest BCUT2D eigenvalue weighted by Crippen LogP contribution is -2.33. The monoisotopic (exact) mass is 399 g/mol. The molecule has 148 valence electrons. The van der Waals surface area contributed by atoms with E-state index < -0.39 is 17.8 Å². The number of esters is 1. The van der Waals surface area contributed by atoms with Gasteiger partial charge in [-0.3, -0.25) is 19.3 Å². The fraction of sp³-hybridized carbons (Fsp3) is 0.0833. The number of fused-ring (bicyclic) bond motifs is 1. The lowest BCUT2D eigenvalue weighted by atomic mass is 10.0. The van der Waals surface area contributed by atoms with Crippen molar-refractivity contribution in [2.24, 2.45) is 0 Å². The number of carbonyl (C=O) groups excluding carboxylic acids is 4. The van der Waals surface area contributed by atoms with Crippen LogP contribution in [0.5, 0.6) is 0 Å². The van der Waals surface area contributed by atoms with Crippen LogP contribution in [-0.2, 0) is 4.74 Å². The molecule has 1 aliphatic heterocycles. The average Bonchev–Trinajstić information content (AvgIpc) is 3.04. The Balaban J connectivity index is 1.34. The number of amides is 2. The van der Waals surface area contributed by atoms with Crippen molar-refractivity contribution in [1.29, 1.82) is 0 Å². The third-order valence-electron chi connectivity index (χ3n) is 4.85. The summed E-state index contributed by atoms with van der Waals surface area (Å²) in [4.78, 5) is 50.3. The molecule has 3 aromatic rings. The highest BCUT2D eigenvalue weighted by Crippen LogP contribution is 2.22. The molecule has 0 saturated carbocycles. The molecule has 1 aliphatic rings. The van der Waals surface area contributed by atoms with E-state index in [1.807, 2.05) is 6.07 Å². The molecule has 0 atom stereocenters. The summed E-state index contributed by atoms with van der Waals surface area (Å²) >= 11 is 0. The molecule has 0 unspecified atom stereocenters. The molecule has 0 radical (unpaired) electrons. The molecule has 6 heteroatoms. The van der Waals surface area contributed by atoms with Crippen molar-refractivity contribution in [3.63, 3.8) is 0 Å². The zero-order valence-corrected chi connectivity index (χ0v) is 15.9. The minimum atomic E-state index is -0.592. The Labute approximate surface area is 172 Å². The first-order chi connectivity index (χ1) is 14.6. The van der Waals surface area contributed by atoms with Crippen LogP contribution in [0.2, 0.25) is 0 Å². The van der Waals surface area contributed by atoms with Gasteiger partial charge in [0.1, 0.15) is 6.61 Å². The highest BCUT2D eigenvalue weighted by molar-refractivity contribution is 6.21. The van der Waals surface area contributed by atoms with Gasteiger partial charge in [0.15, 0.2) is 5.78 Å². The van der Waals surface area contributed by atoms with Crippen LogP contribution in [0, 0.1) is 0 Å². The Morgan fingerprint density at radius 1 is 0.667 bits per heavy atom. The van der Waals surface area contributed by atoms with E-state index in [2.05, 4.69) is 0 Å². The van der Waals surface area contributed by atoms with Gasteiger partial charge < -0.3 is 4.74 Å². The molecule has 0 N–H and O–H groups in total. The molecular formula is C24H17NO5. The van der Waals surface area contributed by atoms with Gasteiger partial charge in [-0.05, 0) is 24.3 Å². The molecule has 3 aromatic carbocycles. The third kappa shape index (κ3) is 3.63. The van der Waals surface area contributed by atoms with Gasteiger partial charge in [-0.2, -0.15) is 0 Å². The van der Waals surface area contributed by atoms with Gasteiger partial charge in [0.05, 0.1) is 23.2 Å². The summed E-state index contributed by atoms with van der Waals surface area (Å²) in [5, 5.41) is 0. The normalized spacial score (nSPS) is 12.6. The van der Waals surface area contributed by atoms with E-state index in [9.17, 15) is 19.2 Å². The number of imide groups is 1. The average molecular weight is 399 g/mol. The van der Waals surface area contributed by atoms with Crippen LogP contribution in [0.4, 0.5) is 0 Å². The van der Waals surface area contributed by atoms with Gasteiger partial charge in [0.2, 0.25) is 0 Å². The summed E-state index contributed by atoms with van der Waals surface area (Å²) in [7, 11) is 0. The molecule has 0 aromatic heterocycles. The SMILES string of the molecule is O=C(OCCN1C(=O)c2ccccc2C1=O)c1ccc(C(=O)c2ccccc2)cc1. The minimum Gasteiger partial charge on any atom is -0.460 e. The summed E-state index contributed by atoms with van der Waals surface area (Å²) in [5.41, 5.74) is 2.01. The first-order valence-corrected chi connectivity index (χ1v) is 9.38. The van der Waals surface area contributed by atoms with E-state index in [0.717, 1.165) is 4.90 Å². The maximum atomic E-state index is 12.4. The molecule has 1 heterocycles. The second kappa shape index (κ2) is 8.13. The maximum absolute atomic E-state index is 12.4. The van der Waals surface area contributed by atoms with E-state index in [-0.39, 0.29) is 24.5 Å². The zero-order chi connectivity index (χ0) is 21.1. The molecule has 0 saturated heterocycles. The van der Waals surface area contributed by atoms with E-state index in [0.29, 0.717) is 22.3 Å². The van der Waals surface area contributed by atoms with Crippen LogP contribution in [0.3, 0.4) is 0 Å². The highest BCUT2D eigenvalue weighted by Gasteiger charge is 2.34. The molecule has 0 spiro atoms. The topological polar surface area (TPSA) is 80.8 Å². The Morgan fingerprint density at radius 3 is 1.77 bits per heavy atom. The predicted molar refractivity (Wildman–Crippen MR) is 108 cm³/mol. The van der Waals surface area contributed by atoms with Crippen LogP contribution in [0.15, 0.2) is 78.9 Å². The Bertz CT molecular complexity index is 1100. The quantitative estimate of drug-likeness (QED) is 0.361. The van der Waals surface area contributed by atoms with E-state index in [1.54, 1.807) is 60.7 Å². The summed E-state index contributed by atoms with van der Waals surface area (Å²) in [6.07, 6.45) is 0. The van der Waals surface area contributed by atoms with Gasteiger partial charge in [0.25, 0.3) is 11.8 Å². The molecule has 0 bridgehead atoms. The summed E-state index contributed by atoms with van der Waals surface area (Å²) in [6.45, 7) is -0.141. The van der Waals surface area contributed by atoms with Crippen molar-refractivity contribution in [3.05, 3.63) is 107 Å². The largest absolute Gasteiger partial charge is 0.460 e. The lowest BCUT2D eigenvalue weighted by molar-refractivity contribution is 0.0420. The second-order valence-electron chi connectivity index (χ2n) is 6.72. The van der Waals surface area contributed by atoms with Crippen molar-refractivity contribution in [2.75, 3.05) is 13.2 Å². The van der Waals surface area contributed by atoms with Crippen LogP contribution >= 0.6 is 0 Å². The minimum absolute atomic E-state index is 0.0251. The first-order valence-electron chi connectivity index (χ1n) is 9.38. The van der Waals surface area contributed by atoms with Gasteiger partial charge in [-0.15, -0.1) is 0 Å². The highest BCUT2D eigenvalue weighted by atomic mass is 16.5. The molecule has 0 aliphatic carbocycles. The van der Waals surface area contributed by atoms with Crippen molar-refractivity contribution in [1.82, 2.24) is 4.90 Å². The molecule has 4 rings (SSSR count). The molecular weight excluding hydrogens is 382 g/mol. The summed E-state index contributed by atoms with van der Waals surface area (Å²) in [5.74, 6) is -1.52. The molecule has 6 nitrogen and oxygen atoms in total. The van der Waals surface area contributed by atoms with Crippen LogP contribution in [-0.4, -0.2) is 41.6 Å². The van der Waals surface area contributed by atoms with Gasteiger partial charge in [-0.1, -0.05) is 54.6 Å². The van der Waals surface area contributed by atoms with E-state index in [4.69, 9.17) is 4.74 Å². The second-order valence-corrected chi connectivity index (χ2v) is 6.72. The number of hydrogen-bond acceptors (Lipinski definition) is 5. The standard InChI is InChI=1S/C24H17NO5/c26-21(16-6-2-1-3-7-16)17-10-12-18(13-11-17)24(29)30-15-14-25-22(27)19-8-4-5-9-20(19)23(25)28/h1-13H,14-15H2. The number of carbonyl (C=O) groups is 4. The zero-order valence-electron chi connectivity index (χ0n) is 15.9. The fourth-order valence-corrected chi connectivity index (χ4v) is 3.27. The predicted octanol–water partition coefficient (Wildman–Crippen LogP) is 3.37. The third-order valence-corrected chi connectivity index (χ3v) is 4.85. The van der Waals surface area contributed by atoms with Crippen LogP contribution in [0.25, 0.3) is 0 Å². The number of nitrogens with zero attached hydrogens (tertiary/aromatic N) is 1. The molecule has 2 amide bonds. The van der Waals surface area contributed by atoms with E-state index in [1.165, 1.54) is 12.1 Å². The Hall–Kier alpha value is -4.06. The van der Waals surface area contributed by atoms with Crippen molar-refractivity contribution in [2.45, 2.75) is 0 Å². The van der Waals surface area contributed by atoms with Crippen LogP contribution < -0.4 is 0 Å². The maximum Gasteiger partial charge on any atom is 0.338 e. The number of ketones is 1. The van der Waals surface area contributed by atoms with Crippen LogP contribution in [0.1, 0.15) is 47.0 Å². The molecule has 30 heavy (non-hydrogen) atoms. The van der Waals surface area contributed by atoms with Gasteiger partial charge in [-0.25, -0.2) is 4.79 Å². The fourth-order valence-electron chi connectivity index (χ4n) is 3.27. The smallest absolute Gasteiger partial charge is 0.338 e. The number of rotatable bonds is 6. The Kier molecular flexibility index (Phi) is 5.22. The summed E-state index contributed by atoms with van der Waals surface area (Å²) in [6, 6.07) is 21.6. The first kappa shape index (κ1) is 19.3. The van der Waals surface area contributed by atoms with Crippen molar-refractivity contribution >= 4 is 23.6 Å². The number of hydrogen-bond donors (Lipinski definition) is 0. The summed E-state index contributed by atoms with van der Waals surface area (Å²) < 4.78 is 5.20.